The van der Waals surface area contributed by atoms with Gasteiger partial charge in [-0.05, 0) is 57.3 Å². The van der Waals surface area contributed by atoms with Gasteiger partial charge in [-0.1, -0.05) is 12.1 Å². The fourth-order valence-corrected chi connectivity index (χ4v) is 4.59. The first-order valence-corrected chi connectivity index (χ1v) is 9.49. The van der Waals surface area contributed by atoms with Crippen molar-refractivity contribution >= 4 is 28.5 Å². The summed E-state index contributed by atoms with van der Waals surface area (Å²) in [6.45, 7) is 7.53. The number of amides is 1. The van der Waals surface area contributed by atoms with Gasteiger partial charge in [0.2, 0.25) is 0 Å². The van der Waals surface area contributed by atoms with Gasteiger partial charge in [0.05, 0.1) is 22.3 Å². The standard InChI is InChI=1S/C19H22N4OS/c1-12-18(13(2)25-21-12)19(24)22-10-8-15(9-11-22)23-14(3)20-16-6-4-5-7-17(16)23/h4-7,15H,8-11H2,1-3H3. The van der Waals surface area contributed by atoms with Gasteiger partial charge in [-0.3, -0.25) is 4.79 Å². The molecular formula is C19H22N4OS. The number of aromatic nitrogens is 3. The molecular weight excluding hydrogens is 332 g/mol. The highest BCUT2D eigenvalue weighted by atomic mass is 32.1. The molecule has 0 N–H and O–H groups in total. The van der Waals surface area contributed by atoms with Crippen LogP contribution >= 0.6 is 11.5 Å². The Morgan fingerprint density at radius 3 is 2.56 bits per heavy atom. The first-order valence-electron chi connectivity index (χ1n) is 8.72. The van der Waals surface area contributed by atoms with Crippen molar-refractivity contribution in [3.8, 4) is 0 Å². The second kappa shape index (κ2) is 6.26. The number of imidazole rings is 1. The Labute approximate surface area is 151 Å². The Morgan fingerprint density at radius 2 is 1.88 bits per heavy atom. The number of nitrogens with zero attached hydrogens (tertiary/aromatic N) is 4. The van der Waals surface area contributed by atoms with Crippen molar-refractivity contribution in [3.05, 3.63) is 46.2 Å². The van der Waals surface area contributed by atoms with Crippen LogP contribution in [0, 0.1) is 20.8 Å². The van der Waals surface area contributed by atoms with E-state index in [9.17, 15) is 4.79 Å². The van der Waals surface area contributed by atoms with Gasteiger partial charge >= 0.3 is 0 Å². The average molecular weight is 354 g/mol. The molecule has 0 unspecified atom stereocenters. The van der Waals surface area contributed by atoms with E-state index in [1.54, 1.807) is 0 Å². The minimum atomic E-state index is 0.134. The minimum Gasteiger partial charge on any atom is -0.338 e. The summed E-state index contributed by atoms with van der Waals surface area (Å²) in [6, 6.07) is 8.69. The number of carbonyl (C=O) groups excluding carboxylic acids is 1. The highest BCUT2D eigenvalue weighted by Crippen LogP contribution is 2.30. The fourth-order valence-electron chi connectivity index (χ4n) is 3.90. The van der Waals surface area contributed by atoms with Crippen LogP contribution in [-0.2, 0) is 0 Å². The van der Waals surface area contributed by atoms with E-state index in [1.165, 1.54) is 17.0 Å². The second-order valence-corrected chi connectivity index (χ2v) is 7.72. The number of para-hydroxylation sites is 2. The Hall–Kier alpha value is -2.21. The minimum absolute atomic E-state index is 0.134. The summed E-state index contributed by atoms with van der Waals surface area (Å²) in [5, 5.41) is 0. The lowest BCUT2D eigenvalue weighted by Gasteiger charge is -2.33. The first kappa shape index (κ1) is 16.3. The van der Waals surface area contributed by atoms with Crippen molar-refractivity contribution in [2.75, 3.05) is 13.1 Å². The van der Waals surface area contributed by atoms with Crippen molar-refractivity contribution in [1.82, 2.24) is 18.8 Å². The summed E-state index contributed by atoms with van der Waals surface area (Å²) in [7, 11) is 0. The van der Waals surface area contributed by atoms with Crippen LogP contribution in [0.1, 0.15) is 45.6 Å². The maximum atomic E-state index is 12.8. The van der Waals surface area contributed by atoms with Crippen LogP contribution < -0.4 is 0 Å². The molecule has 130 valence electrons. The predicted molar refractivity (Wildman–Crippen MR) is 100 cm³/mol. The van der Waals surface area contributed by atoms with Gasteiger partial charge in [0.1, 0.15) is 5.82 Å². The summed E-state index contributed by atoms with van der Waals surface area (Å²) in [6.07, 6.45) is 1.92. The molecule has 2 aromatic heterocycles. The van der Waals surface area contributed by atoms with Crippen LogP contribution in [0.5, 0.6) is 0 Å². The van der Waals surface area contributed by atoms with Crippen molar-refractivity contribution < 1.29 is 4.79 Å². The number of likely N-dealkylation sites (tertiary alicyclic amines) is 1. The SMILES string of the molecule is Cc1nsc(C)c1C(=O)N1CCC(n2c(C)nc3ccccc32)CC1. The van der Waals surface area contributed by atoms with Crippen LogP contribution in [0.4, 0.5) is 0 Å². The zero-order valence-electron chi connectivity index (χ0n) is 14.8. The Morgan fingerprint density at radius 1 is 1.16 bits per heavy atom. The molecule has 4 rings (SSSR count). The third kappa shape index (κ3) is 2.74. The van der Waals surface area contributed by atoms with Gasteiger partial charge in [-0.15, -0.1) is 0 Å². The molecule has 0 aliphatic carbocycles. The van der Waals surface area contributed by atoms with Gasteiger partial charge in [-0.25, -0.2) is 4.98 Å². The van der Waals surface area contributed by atoms with Gasteiger partial charge in [0.15, 0.2) is 0 Å². The molecule has 25 heavy (non-hydrogen) atoms. The molecule has 0 spiro atoms. The van der Waals surface area contributed by atoms with E-state index in [-0.39, 0.29) is 5.91 Å². The van der Waals surface area contributed by atoms with Gasteiger partial charge < -0.3 is 9.47 Å². The summed E-state index contributed by atoms with van der Waals surface area (Å²) in [5.74, 6) is 1.19. The topological polar surface area (TPSA) is 51.0 Å². The summed E-state index contributed by atoms with van der Waals surface area (Å²) in [4.78, 5) is 20.5. The van der Waals surface area contributed by atoms with E-state index >= 15 is 0 Å². The molecule has 1 aromatic carbocycles. The fraction of sp³-hybridized carbons (Fsp3) is 0.421. The van der Waals surface area contributed by atoms with E-state index < -0.39 is 0 Å². The maximum Gasteiger partial charge on any atom is 0.256 e. The summed E-state index contributed by atoms with van der Waals surface area (Å²) in [5.41, 5.74) is 3.89. The van der Waals surface area contributed by atoms with Crippen molar-refractivity contribution in [2.24, 2.45) is 0 Å². The summed E-state index contributed by atoms with van der Waals surface area (Å²) < 4.78 is 6.66. The molecule has 0 bridgehead atoms. The molecule has 1 saturated heterocycles. The largest absolute Gasteiger partial charge is 0.338 e. The Balaban J connectivity index is 1.53. The molecule has 1 aliphatic heterocycles. The van der Waals surface area contributed by atoms with Crippen LogP contribution in [-0.4, -0.2) is 37.8 Å². The first-order chi connectivity index (χ1) is 12.1. The number of hydrogen-bond donors (Lipinski definition) is 0. The zero-order valence-corrected chi connectivity index (χ0v) is 15.6. The predicted octanol–water partition coefficient (Wildman–Crippen LogP) is 3.90. The molecule has 6 heteroatoms. The number of rotatable bonds is 2. The third-order valence-corrected chi connectivity index (χ3v) is 5.98. The Kier molecular flexibility index (Phi) is 4.07. The molecule has 3 heterocycles. The van der Waals surface area contributed by atoms with E-state index in [0.29, 0.717) is 6.04 Å². The van der Waals surface area contributed by atoms with Crippen molar-refractivity contribution in [3.63, 3.8) is 0 Å². The van der Waals surface area contributed by atoms with Gasteiger partial charge in [-0.2, -0.15) is 4.37 Å². The molecule has 0 radical (unpaired) electrons. The van der Waals surface area contributed by atoms with Crippen LogP contribution in [0.15, 0.2) is 24.3 Å². The molecule has 1 fully saturated rings. The average Bonchev–Trinajstić information content (AvgIpc) is 3.13. The third-order valence-electron chi connectivity index (χ3n) is 5.14. The number of fused-ring (bicyclic) bond motifs is 1. The molecule has 3 aromatic rings. The summed E-state index contributed by atoms with van der Waals surface area (Å²) >= 11 is 1.42. The van der Waals surface area contributed by atoms with E-state index in [4.69, 9.17) is 0 Å². The van der Waals surface area contributed by atoms with Crippen LogP contribution in [0.2, 0.25) is 0 Å². The van der Waals surface area contributed by atoms with Crippen LogP contribution in [0.25, 0.3) is 11.0 Å². The smallest absolute Gasteiger partial charge is 0.256 e. The number of piperidine rings is 1. The van der Waals surface area contributed by atoms with Gasteiger partial charge in [0, 0.05) is 24.0 Å². The Bertz CT molecular complexity index is 915. The number of carbonyl (C=O) groups is 1. The molecule has 0 saturated carbocycles. The number of benzene rings is 1. The molecule has 1 amide bonds. The quantitative estimate of drug-likeness (QED) is 0.701. The zero-order chi connectivity index (χ0) is 17.6. The lowest BCUT2D eigenvalue weighted by Crippen LogP contribution is -2.39. The van der Waals surface area contributed by atoms with E-state index in [2.05, 4.69) is 39.0 Å². The molecule has 0 atom stereocenters. The monoisotopic (exact) mass is 354 g/mol. The van der Waals surface area contributed by atoms with Crippen molar-refractivity contribution in [2.45, 2.75) is 39.7 Å². The highest BCUT2D eigenvalue weighted by Gasteiger charge is 2.28. The molecule has 1 aliphatic rings. The number of hydrogen-bond acceptors (Lipinski definition) is 4. The molecule has 5 nitrogen and oxygen atoms in total. The highest BCUT2D eigenvalue weighted by molar-refractivity contribution is 7.06. The maximum absolute atomic E-state index is 12.8. The number of aryl methyl sites for hydroxylation is 3. The van der Waals surface area contributed by atoms with Crippen LogP contribution in [0.3, 0.4) is 0 Å². The normalized spacial score (nSPS) is 15.9. The van der Waals surface area contributed by atoms with E-state index in [0.717, 1.165) is 53.4 Å². The lowest BCUT2D eigenvalue weighted by molar-refractivity contribution is 0.0694. The second-order valence-electron chi connectivity index (χ2n) is 6.74. The van der Waals surface area contributed by atoms with E-state index in [1.807, 2.05) is 24.8 Å². The van der Waals surface area contributed by atoms with Gasteiger partial charge in [0.25, 0.3) is 5.91 Å². The van der Waals surface area contributed by atoms with Crippen molar-refractivity contribution in [1.29, 1.82) is 0 Å². The lowest BCUT2D eigenvalue weighted by atomic mass is 10.0.